The Balaban J connectivity index is 1.44. The van der Waals surface area contributed by atoms with Crippen molar-refractivity contribution in [2.45, 2.75) is 45.4 Å². The van der Waals surface area contributed by atoms with E-state index >= 15 is 0 Å². The SMILES string of the molecule is COc1cccc(CN2CCC(O)(Cn3cnc4sc(C)c(C)c4c3=O)CC2)c1. The summed E-state index contributed by atoms with van der Waals surface area (Å²) in [4.78, 5) is 21.6. The number of ether oxygens (including phenoxy) is 1. The molecule has 3 heterocycles. The van der Waals surface area contributed by atoms with Crippen LogP contribution in [-0.4, -0.2) is 45.4 Å². The minimum absolute atomic E-state index is 0.0518. The molecule has 154 valence electrons. The van der Waals surface area contributed by atoms with E-state index in [2.05, 4.69) is 16.0 Å². The number of hydrogen-bond acceptors (Lipinski definition) is 6. The van der Waals surface area contributed by atoms with Crippen molar-refractivity contribution in [3.8, 4) is 5.75 Å². The van der Waals surface area contributed by atoms with Gasteiger partial charge in [-0.25, -0.2) is 4.98 Å². The van der Waals surface area contributed by atoms with Crippen LogP contribution in [0.25, 0.3) is 10.2 Å². The van der Waals surface area contributed by atoms with E-state index in [-0.39, 0.29) is 12.1 Å². The smallest absolute Gasteiger partial charge is 0.262 e. The number of thiophene rings is 1. The maximum absolute atomic E-state index is 12.9. The fraction of sp³-hybridized carbons (Fsp3) is 0.455. The molecule has 4 rings (SSSR count). The van der Waals surface area contributed by atoms with Crippen molar-refractivity contribution in [2.75, 3.05) is 20.2 Å². The van der Waals surface area contributed by atoms with Crippen molar-refractivity contribution in [3.05, 3.63) is 57.0 Å². The first-order valence-electron chi connectivity index (χ1n) is 9.91. The third-order valence-corrected chi connectivity index (χ3v) is 7.06. The number of fused-ring (bicyclic) bond motifs is 1. The van der Waals surface area contributed by atoms with Gasteiger partial charge in [0.25, 0.3) is 5.56 Å². The zero-order valence-electron chi connectivity index (χ0n) is 17.1. The summed E-state index contributed by atoms with van der Waals surface area (Å²) in [5, 5.41) is 11.8. The van der Waals surface area contributed by atoms with Gasteiger partial charge in [0.2, 0.25) is 0 Å². The molecule has 1 aromatic carbocycles. The molecule has 0 aliphatic carbocycles. The Hall–Kier alpha value is -2.22. The van der Waals surface area contributed by atoms with Crippen LogP contribution in [0.4, 0.5) is 0 Å². The number of aryl methyl sites for hydroxylation is 2. The summed E-state index contributed by atoms with van der Waals surface area (Å²) in [5.41, 5.74) is 1.26. The van der Waals surface area contributed by atoms with Gasteiger partial charge in [0.05, 0.1) is 31.0 Å². The molecule has 0 saturated carbocycles. The average molecular weight is 414 g/mol. The Morgan fingerprint density at radius 2 is 2.03 bits per heavy atom. The number of methoxy groups -OCH3 is 1. The van der Waals surface area contributed by atoms with Crippen molar-refractivity contribution in [1.82, 2.24) is 14.5 Å². The molecule has 1 saturated heterocycles. The van der Waals surface area contributed by atoms with E-state index in [1.54, 1.807) is 29.3 Å². The van der Waals surface area contributed by atoms with Gasteiger partial charge in [0, 0.05) is 24.5 Å². The topological polar surface area (TPSA) is 67.6 Å². The molecule has 1 fully saturated rings. The fourth-order valence-electron chi connectivity index (χ4n) is 4.01. The highest BCUT2D eigenvalue weighted by molar-refractivity contribution is 7.18. The molecule has 0 unspecified atom stereocenters. The van der Waals surface area contributed by atoms with E-state index in [9.17, 15) is 9.90 Å². The van der Waals surface area contributed by atoms with Gasteiger partial charge < -0.3 is 9.84 Å². The summed E-state index contributed by atoms with van der Waals surface area (Å²) in [6, 6.07) is 8.08. The van der Waals surface area contributed by atoms with Gasteiger partial charge in [-0.15, -0.1) is 11.3 Å². The number of benzene rings is 1. The third kappa shape index (κ3) is 4.08. The Bertz CT molecular complexity index is 1080. The Labute approximate surface area is 174 Å². The van der Waals surface area contributed by atoms with Crippen molar-refractivity contribution >= 4 is 21.6 Å². The molecule has 0 radical (unpaired) electrons. The van der Waals surface area contributed by atoms with Crippen LogP contribution in [0.15, 0.2) is 35.4 Å². The van der Waals surface area contributed by atoms with Crippen LogP contribution in [0, 0.1) is 13.8 Å². The van der Waals surface area contributed by atoms with Gasteiger partial charge >= 0.3 is 0 Å². The minimum Gasteiger partial charge on any atom is -0.497 e. The van der Waals surface area contributed by atoms with Gasteiger partial charge in [-0.3, -0.25) is 14.3 Å². The zero-order valence-corrected chi connectivity index (χ0v) is 18.0. The highest BCUT2D eigenvalue weighted by Crippen LogP contribution is 2.28. The molecule has 1 aliphatic rings. The number of rotatable bonds is 5. The molecule has 1 N–H and O–H groups in total. The second-order valence-electron chi connectivity index (χ2n) is 7.99. The van der Waals surface area contributed by atoms with E-state index in [0.717, 1.165) is 40.7 Å². The predicted molar refractivity (Wildman–Crippen MR) is 116 cm³/mol. The lowest BCUT2D eigenvalue weighted by molar-refractivity contribution is -0.0364. The van der Waals surface area contributed by atoms with Crippen LogP contribution in [0.5, 0.6) is 5.75 Å². The monoisotopic (exact) mass is 413 g/mol. The van der Waals surface area contributed by atoms with Gasteiger partial charge in [0.1, 0.15) is 10.6 Å². The second kappa shape index (κ2) is 7.89. The Kier molecular flexibility index (Phi) is 5.46. The molecule has 0 amide bonds. The molecular formula is C22H27N3O3S. The van der Waals surface area contributed by atoms with E-state index in [0.29, 0.717) is 18.2 Å². The van der Waals surface area contributed by atoms with Gasteiger partial charge in [0.15, 0.2) is 0 Å². The summed E-state index contributed by atoms with van der Waals surface area (Å²) < 4.78 is 6.88. The Morgan fingerprint density at radius 1 is 1.28 bits per heavy atom. The molecular weight excluding hydrogens is 386 g/mol. The number of likely N-dealkylation sites (tertiary alicyclic amines) is 1. The standard InChI is InChI=1S/C22H27N3O3S/c1-15-16(2)29-20-19(15)21(26)25(14-23-20)13-22(27)7-9-24(10-8-22)12-17-5-4-6-18(11-17)28-3/h4-6,11,14,27H,7-10,12-13H2,1-3H3. The van der Waals surface area contributed by atoms with E-state index < -0.39 is 5.60 Å². The lowest BCUT2D eigenvalue weighted by Crippen LogP contribution is -2.47. The highest BCUT2D eigenvalue weighted by atomic mass is 32.1. The van der Waals surface area contributed by atoms with Crippen LogP contribution in [-0.2, 0) is 13.1 Å². The molecule has 3 aromatic rings. The molecule has 0 spiro atoms. The lowest BCUT2D eigenvalue weighted by atomic mass is 9.91. The number of piperidine rings is 1. The third-order valence-electron chi connectivity index (χ3n) is 5.95. The fourth-order valence-corrected chi connectivity index (χ4v) is 5.00. The lowest BCUT2D eigenvalue weighted by Gasteiger charge is -2.38. The summed E-state index contributed by atoms with van der Waals surface area (Å²) in [6.45, 7) is 6.66. The van der Waals surface area contributed by atoms with Crippen LogP contribution in [0.3, 0.4) is 0 Å². The second-order valence-corrected chi connectivity index (χ2v) is 9.20. The van der Waals surface area contributed by atoms with E-state index in [1.807, 2.05) is 32.0 Å². The quantitative estimate of drug-likeness (QED) is 0.696. The van der Waals surface area contributed by atoms with E-state index in [1.165, 1.54) is 5.56 Å². The first kappa shape index (κ1) is 20.1. The first-order valence-corrected chi connectivity index (χ1v) is 10.7. The zero-order chi connectivity index (χ0) is 20.6. The number of aliphatic hydroxyl groups is 1. The summed E-state index contributed by atoms with van der Waals surface area (Å²) in [7, 11) is 1.67. The molecule has 1 aliphatic heterocycles. The highest BCUT2D eigenvalue weighted by Gasteiger charge is 2.33. The van der Waals surface area contributed by atoms with Crippen LogP contribution < -0.4 is 10.3 Å². The number of nitrogens with zero attached hydrogens (tertiary/aromatic N) is 3. The summed E-state index contributed by atoms with van der Waals surface area (Å²) >= 11 is 1.55. The van der Waals surface area contributed by atoms with Crippen molar-refractivity contribution in [3.63, 3.8) is 0 Å². The largest absolute Gasteiger partial charge is 0.497 e. The molecule has 7 heteroatoms. The molecule has 29 heavy (non-hydrogen) atoms. The Morgan fingerprint density at radius 3 is 2.76 bits per heavy atom. The van der Waals surface area contributed by atoms with Crippen LogP contribution >= 0.6 is 11.3 Å². The van der Waals surface area contributed by atoms with Crippen molar-refractivity contribution < 1.29 is 9.84 Å². The molecule has 6 nitrogen and oxygen atoms in total. The molecule has 0 bridgehead atoms. The summed E-state index contributed by atoms with van der Waals surface area (Å²) in [5.74, 6) is 0.859. The number of hydrogen-bond donors (Lipinski definition) is 1. The maximum atomic E-state index is 12.9. The van der Waals surface area contributed by atoms with Gasteiger partial charge in [-0.1, -0.05) is 12.1 Å². The minimum atomic E-state index is -0.886. The van der Waals surface area contributed by atoms with Crippen LogP contribution in [0.2, 0.25) is 0 Å². The van der Waals surface area contributed by atoms with Crippen molar-refractivity contribution in [2.24, 2.45) is 0 Å². The molecule has 0 atom stereocenters. The predicted octanol–water partition coefficient (Wildman–Crippen LogP) is 3.11. The van der Waals surface area contributed by atoms with Crippen LogP contribution in [0.1, 0.15) is 28.8 Å². The number of aromatic nitrogens is 2. The average Bonchev–Trinajstić information content (AvgIpc) is 3.01. The van der Waals surface area contributed by atoms with Gasteiger partial charge in [-0.2, -0.15) is 0 Å². The summed E-state index contributed by atoms with van der Waals surface area (Å²) in [6.07, 6.45) is 2.84. The molecule has 2 aromatic heterocycles. The van der Waals surface area contributed by atoms with Crippen molar-refractivity contribution in [1.29, 1.82) is 0 Å². The normalized spacial score (nSPS) is 17.0. The van der Waals surface area contributed by atoms with Gasteiger partial charge in [-0.05, 0) is 49.9 Å². The van der Waals surface area contributed by atoms with E-state index in [4.69, 9.17) is 4.74 Å². The first-order chi connectivity index (χ1) is 13.9. The maximum Gasteiger partial charge on any atom is 0.262 e.